The van der Waals surface area contributed by atoms with Crippen LogP contribution in [0.1, 0.15) is 10.5 Å². The Balaban J connectivity index is 2.14. The molecular formula is C11H10FN3O2. The van der Waals surface area contributed by atoms with E-state index in [1.807, 2.05) is 0 Å². The highest BCUT2D eigenvalue weighted by atomic mass is 19.1. The van der Waals surface area contributed by atoms with Crippen molar-refractivity contribution in [3.8, 4) is 5.75 Å². The molecule has 0 aliphatic heterocycles. The maximum Gasteiger partial charge on any atom is 0.277 e. The number of hydrogen-bond donors (Lipinski definition) is 2. The van der Waals surface area contributed by atoms with Crippen molar-refractivity contribution < 1.29 is 13.9 Å². The highest BCUT2D eigenvalue weighted by molar-refractivity contribution is 6.04. The number of carbonyl (C=O) groups is 1. The molecule has 5 nitrogen and oxygen atoms in total. The van der Waals surface area contributed by atoms with E-state index in [1.165, 1.54) is 37.6 Å². The molecule has 1 aromatic heterocycles. The molecule has 88 valence electrons. The van der Waals surface area contributed by atoms with Crippen molar-refractivity contribution >= 4 is 11.6 Å². The minimum atomic E-state index is -0.397. The fourth-order valence-corrected chi connectivity index (χ4v) is 1.32. The van der Waals surface area contributed by atoms with Crippen LogP contribution in [-0.4, -0.2) is 23.2 Å². The topological polar surface area (TPSA) is 67.0 Å². The van der Waals surface area contributed by atoms with Crippen LogP contribution < -0.4 is 10.1 Å². The quantitative estimate of drug-likeness (QED) is 0.852. The molecule has 0 aliphatic rings. The van der Waals surface area contributed by atoms with Gasteiger partial charge in [-0.25, -0.2) is 4.39 Å². The van der Waals surface area contributed by atoms with Crippen LogP contribution in [-0.2, 0) is 0 Å². The van der Waals surface area contributed by atoms with Gasteiger partial charge >= 0.3 is 0 Å². The van der Waals surface area contributed by atoms with Gasteiger partial charge in [0, 0.05) is 5.69 Å². The number of aromatic nitrogens is 2. The summed E-state index contributed by atoms with van der Waals surface area (Å²) in [6.07, 6.45) is 1.40. The lowest BCUT2D eigenvalue weighted by Gasteiger charge is -2.04. The first-order valence-corrected chi connectivity index (χ1v) is 4.85. The van der Waals surface area contributed by atoms with Gasteiger partial charge in [-0.1, -0.05) is 0 Å². The Hall–Kier alpha value is -2.37. The smallest absolute Gasteiger partial charge is 0.277 e. The second-order valence-corrected chi connectivity index (χ2v) is 3.27. The normalized spacial score (nSPS) is 10.0. The first-order valence-electron chi connectivity index (χ1n) is 4.85. The van der Waals surface area contributed by atoms with E-state index in [2.05, 4.69) is 15.5 Å². The van der Waals surface area contributed by atoms with Crippen LogP contribution in [0.2, 0.25) is 0 Å². The molecular weight excluding hydrogens is 225 g/mol. The average Bonchev–Trinajstić information content (AvgIpc) is 2.80. The summed E-state index contributed by atoms with van der Waals surface area (Å²) in [7, 11) is 1.44. The lowest BCUT2D eigenvalue weighted by molar-refractivity contribution is 0.101. The second kappa shape index (κ2) is 4.65. The van der Waals surface area contributed by atoms with Crippen molar-refractivity contribution in [2.45, 2.75) is 0 Å². The summed E-state index contributed by atoms with van der Waals surface area (Å²) >= 11 is 0. The van der Waals surface area contributed by atoms with Gasteiger partial charge in [-0.2, -0.15) is 5.10 Å². The third kappa shape index (κ3) is 2.41. The molecule has 6 heteroatoms. The van der Waals surface area contributed by atoms with Gasteiger partial charge in [-0.05, 0) is 24.3 Å². The number of methoxy groups -OCH3 is 1. The first kappa shape index (κ1) is 11.1. The minimum absolute atomic E-state index is 0.219. The number of nitrogens with one attached hydrogen (secondary N) is 2. The number of hydrogen-bond acceptors (Lipinski definition) is 3. The highest BCUT2D eigenvalue weighted by Gasteiger charge is 2.14. The van der Waals surface area contributed by atoms with Crippen molar-refractivity contribution in [3.63, 3.8) is 0 Å². The number of benzene rings is 1. The Kier molecular flexibility index (Phi) is 3.04. The number of aromatic amines is 1. The molecule has 0 atom stereocenters. The first-order chi connectivity index (χ1) is 8.20. The van der Waals surface area contributed by atoms with Crippen LogP contribution in [0.4, 0.5) is 10.1 Å². The van der Waals surface area contributed by atoms with E-state index in [4.69, 9.17) is 4.74 Å². The predicted molar refractivity (Wildman–Crippen MR) is 59.5 cm³/mol. The van der Waals surface area contributed by atoms with Gasteiger partial charge in [-0.3, -0.25) is 9.89 Å². The largest absolute Gasteiger partial charge is 0.493 e. The summed E-state index contributed by atoms with van der Waals surface area (Å²) in [4.78, 5) is 11.8. The van der Waals surface area contributed by atoms with E-state index in [0.29, 0.717) is 11.4 Å². The van der Waals surface area contributed by atoms with Gasteiger partial charge in [0.25, 0.3) is 5.91 Å². The molecule has 0 radical (unpaired) electrons. The predicted octanol–water partition coefficient (Wildman–Crippen LogP) is 1.81. The average molecular weight is 235 g/mol. The van der Waals surface area contributed by atoms with Crippen LogP contribution in [0.25, 0.3) is 0 Å². The number of amides is 1. The van der Waals surface area contributed by atoms with Gasteiger partial charge < -0.3 is 10.1 Å². The van der Waals surface area contributed by atoms with Crippen molar-refractivity contribution in [1.29, 1.82) is 0 Å². The summed E-state index contributed by atoms with van der Waals surface area (Å²) in [5.74, 6) is -0.405. The molecule has 0 aliphatic carbocycles. The molecule has 0 fully saturated rings. The van der Waals surface area contributed by atoms with E-state index >= 15 is 0 Å². The summed E-state index contributed by atoms with van der Waals surface area (Å²) < 4.78 is 17.6. The van der Waals surface area contributed by atoms with Crippen LogP contribution in [0.15, 0.2) is 30.5 Å². The molecule has 0 bridgehead atoms. The molecule has 2 rings (SSSR count). The minimum Gasteiger partial charge on any atom is -0.493 e. The third-order valence-corrected chi connectivity index (χ3v) is 2.15. The van der Waals surface area contributed by atoms with Crippen molar-refractivity contribution in [3.05, 3.63) is 42.0 Å². The number of anilines is 1. The Morgan fingerprint density at radius 2 is 2.12 bits per heavy atom. The van der Waals surface area contributed by atoms with E-state index in [-0.39, 0.29) is 11.5 Å². The fourth-order valence-electron chi connectivity index (χ4n) is 1.32. The maximum atomic E-state index is 12.7. The zero-order valence-electron chi connectivity index (χ0n) is 9.03. The van der Waals surface area contributed by atoms with Crippen LogP contribution in [0.3, 0.4) is 0 Å². The lowest BCUT2D eigenvalue weighted by Crippen LogP contribution is -2.13. The standard InChI is InChI=1S/C11H10FN3O2/c1-17-9-6-13-15-10(9)11(16)14-8-4-2-7(12)3-5-8/h2-6H,1H3,(H,13,15)(H,14,16). The number of halogens is 1. The van der Waals surface area contributed by atoms with Gasteiger partial charge in [0.2, 0.25) is 0 Å². The summed E-state index contributed by atoms with van der Waals surface area (Å²) in [5, 5.41) is 8.82. The molecule has 0 saturated heterocycles. The highest BCUT2D eigenvalue weighted by Crippen LogP contribution is 2.16. The van der Waals surface area contributed by atoms with Crippen LogP contribution in [0, 0.1) is 5.82 Å². The SMILES string of the molecule is COc1cn[nH]c1C(=O)Nc1ccc(F)cc1. The van der Waals surface area contributed by atoms with Crippen LogP contribution in [0.5, 0.6) is 5.75 Å². The van der Waals surface area contributed by atoms with Crippen molar-refractivity contribution in [2.24, 2.45) is 0 Å². The van der Waals surface area contributed by atoms with E-state index in [1.54, 1.807) is 0 Å². The zero-order valence-corrected chi connectivity index (χ0v) is 9.03. The van der Waals surface area contributed by atoms with E-state index < -0.39 is 5.91 Å². The number of carbonyl (C=O) groups excluding carboxylic acids is 1. The molecule has 2 N–H and O–H groups in total. The zero-order chi connectivity index (χ0) is 12.3. The number of rotatable bonds is 3. The van der Waals surface area contributed by atoms with Gasteiger partial charge in [0.1, 0.15) is 5.82 Å². The Morgan fingerprint density at radius 3 is 2.76 bits per heavy atom. The number of H-pyrrole nitrogens is 1. The summed E-state index contributed by atoms with van der Waals surface area (Å²) in [6.45, 7) is 0. The molecule has 1 amide bonds. The Bertz CT molecular complexity index is 522. The molecule has 0 spiro atoms. The third-order valence-electron chi connectivity index (χ3n) is 2.15. The van der Waals surface area contributed by atoms with Gasteiger partial charge in [0.05, 0.1) is 13.3 Å². The Morgan fingerprint density at radius 1 is 1.41 bits per heavy atom. The molecule has 0 saturated carbocycles. The van der Waals surface area contributed by atoms with Crippen molar-refractivity contribution in [2.75, 3.05) is 12.4 Å². The van der Waals surface area contributed by atoms with E-state index in [0.717, 1.165) is 0 Å². The fraction of sp³-hybridized carbons (Fsp3) is 0.0909. The molecule has 0 unspecified atom stereocenters. The van der Waals surface area contributed by atoms with Gasteiger partial charge in [0.15, 0.2) is 11.4 Å². The lowest BCUT2D eigenvalue weighted by atomic mass is 10.3. The Labute approximate surface area is 96.6 Å². The summed E-state index contributed by atoms with van der Waals surface area (Å²) in [5.41, 5.74) is 0.713. The van der Waals surface area contributed by atoms with Gasteiger partial charge in [-0.15, -0.1) is 0 Å². The molecule has 1 aromatic carbocycles. The second-order valence-electron chi connectivity index (χ2n) is 3.27. The molecule has 2 aromatic rings. The number of ether oxygens (including phenoxy) is 1. The van der Waals surface area contributed by atoms with E-state index in [9.17, 15) is 9.18 Å². The number of nitrogens with zero attached hydrogens (tertiary/aromatic N) is 1. The molecule has 1 heterocycles. The molecule has 17 heavy (non-hydrogen) atoms. The monoisotopic (exact) mass is 235 g/mol. The van der Waals surface area contributed by atoms with Crippen molar-refractivity contribution in [1.82, 2.24) is 10.2 Å². The van der Waals surface area contributed by atoms with Crippen LogP contribution >= 0.6 is 0 Å². The maximum absolute atomic E-state index is 12.7. The summed E-state index contributed by atoms with van der Waals surface area (Å²) in [6, 6.07) is 5.46.